The molecular weight excluding hydrogens is 126 g/mol. The summed E-state index contributed by atoms with van der Waals surface area (Å²) in [5, 5.41) is 9.37. The third kappa shape index (κ3) is 3.70. The molecule has 46 valence electrons. The molecule has 0 saturated carbocycles. The molecule has 0 aliphatic heterocycles. The molecule has 0 aromatic carbocycles. The fraction of sp³-hybridized carbons (Fsp3) is 0.500. The van der Waals surface area contributed by atoms with Crippen molar-refractivity contribution in [3.05, 3.63) is 0 Å². The molecule has 2 N–H and O–H groups in total. The molecule has 0 rings (SSSR count). The van der Waals surface area contributed by atoms with Crippen LogP contribution in [-0.4, -0.2) is 16.5 Å². The van der Waals surface area contributed by atoms with Crippen molar-refractivity contribution in [2.75, 3.05) is 0 Å². The first-order valence-corrected chi connectivity index (χ1v) is 2.65. The normalized spacial score (nSPS) is 8.12. The lowest BCUT2D eigenvalue weighted by atomic mass is 10.3. The molecule has 0 aliphatic carbocycles. The Morgan fingerprint density at radius 3 is 2.88 bits per heavy atom. The maximum atomic E-state index is 10.1. The fourth-order valence-electron chi connectivity index (χ4n) is 0.246. The smallest absolute Gasteiger partial charge is 0.243 e. The lowest BCUT2D eigenvalue weighted by molar-refractivity contribution is -0.129. The Kier molecular flexibility index (Phi) is 4.39. The highest BCUT2D eigenvalue weighted by Gasteiger charge is 1.93. The standard InChI is InChI=1S/C4H7NO2S/c6-4(5-7)2-1-3-8/h3,7H,1-2H2,(H,5,6). The molecule has 0 atom stereocenters. The Morgan fingerprint density at radius 1 is 1.88 bits per heavy atom. The van der Waals surface area contributed by atoms with E-state index in [4.69, 9.17) is 5.21 Å². The topological polar surface area (TPSA) is 49.3 Å². The molecule has 0 bridgehead atoms. The van der Waals surface area contributed by atoms with Crippen LogP contribution in [0.4, 0.5) is 0 Å². The van der Waals surface area contributed by atoms with Gasteiger partial charge in [-0.3, -0.25) is 10.0 Å². The minimum Gasteiger partial charge on any atom is -0.289 e. The first kappa shape index (κ1) is 7.52. The average molecular weight is 133 g/mol. The second kappa shape index (κ2) is 4.67. The maximum absolute atomic E-state index is 10.1. The van der Waals surface area contributed by atoms with E-state index < -0.39 is 5.91 Å². The van der Waals surface area contributed by atoms with Crippen LogP contribution in [-0.2, 0) is 4.79 Å². The summed E-state index contributed by atoms with van der Waals surface area (Å²) in [5.74, 6) is -0.397. The summed E-state index contributed by atoms with van der Waals surface area (Å²) in [6, 6.07) is 0. The predicted molar refractivity (Wildman–Crippen MR) is 32.8 cm³/mol. The van der Waals surface area contributed by atoms with Crippen LogP contribution in [0.1, 0.15) is 12.8 Å². The van der Waals surface area contributed by atoms with E-state index in [1.165, 1.54) is 10.8 Å². The summed E-state index contributed by atoms with van der Waals surface area (Å²) in [6.07, 6.45) is 0.793. The van der Waals surface area contributed by atoms with Gasteiger partial charge in [-0.15, -0.1) is 0 Å². The van der Waals surface area contributed by atoms with E-state index in [1.807, 2.05) is 0 Å². The highest BCUT2D eigenvalue weighted by molar-refractivity contribution is 7.78. The van der Waals surface area contributed by atoms with E-state index in [1.54, 1.807) is 0 Å². The highest BCUT2D eigenvalue weighted by atomic mass is 32.1. The van der Waals surface area contributed by atoms with Crippen LogP contribution >= 0.6 is 12.2 Å². The molecule has 0 unspecified atom stereocenters. The zero-order valence-electron chi connectivity index (χ0n) is 4.26. The molecule has 0 heterocycles. The minimum atomic E-state index is -0.397. The summed E-state index contributed by atoms with van der Waals surface area (Å²) >= 11 is 4.43. The first-order chi connectivity index (χ1) is 3.81. The van der Waals surface area contributed by atoms with Crippen LogP contribution in [0.3, 0.4) is 0 Å². The lowest BCUT2D eigenvalue weighted by Gasteiger charge is -1.90. The van der Waals surface area contributed by atoms with Gasteiger partial charge in [0.25, 0.3) is 0 Å². The van der Waals surface area contributed by atoms with Crippen molar-refractivity contribution in [1.29, 1.82) is 0 Å². The van der Waals surface area contributed by atoms with Crippen LogP contribution in [0.15, 0.2) is 0 Å². The highest BCUT2D eigenvalue weighted by Crippen LogP contribution is 1.82. The van der Waals surface area contributed by atoms with E-state index in [-0.39, 0.29) is 6.42 Å². The van der Waals surface area contributed by atoms with Crippen molar-refractivity contribution in [2.24, 2.45) is 0 Å². The third-order valence-electron chi connectivity index (χ3n) is 0.614. The molecule has 1 amide bonds. The van der Waals surface area contributed by atoms with Gasteiger partial charge in [-0.2, -0.15) is 0 Å². The number of amides is 1. The summed E-state index contributed by atoms with van der Waals surface area (Å²) in [6.45, 7) is 0. The Morgan fingerprint density at radius 2 is 2.50 bits per heavy atom. The maximum Gasteiger partial charge on any atom is 0.243 e. The minimum absolute atomic E-state index is 0.264. The predicted octanol–water partition coefficient (Wildman–Crippen LogP) is 0.272. The fourth-order valence-corrected chi connectivity index (χ4v) is 0.364. The van der Waals surface area contributed by atoms with Crippen LogP contribution in [0.5, 0.6) is 0 Å². The van der Waals surface area contributed by atoms with E-state index in [2.05, 4.69) is 12.2 Å². The quantitative estimate of drug-likeness (QED) is 0.330. The number of rotatable bonds is 3. The van der Waals surface area contributed by atoms with Gasteiger partial charge in [0.05, 0.1) is 0 Å². The van der Waals surface area contributed by atoms with Gasteiger partial charge >= 0.3 is 0 Å². The van der Waals surface area contributed by atoms with E-state index in [9.17, 15) is 4.79 Å². The zero-order chi connectivity index (χ0) is 6.41. The van der Waals surface area contributed by atoms with Crippen LogP contribution in [0.25, 0.3) is 0 Å². The molecule has 3 nitrogen and oxygen atoms in total. The molecular formula is C4H7NO2S. The van der Waals surface area contributed by atoms with Crippen LogP contribution in [0, 0.1) is 0 Å². The number of carbonyl (C=O) groups excluding carboxylic acids is 1. The summed E-state index contributed by atoms with van der Waals surface area (Å²) in [4.78, 5) is 10.1. The number of hydroxylamine groups is 1. The second-order valence-electron chi connectivity index (χ2n) is 1.24. The number of hydrogen-bond acceptors (Lipinski definition) is 3. The molecule has 0 fully saturated rings. The Bertz CT molecular complexity index is 94.0. The van der Waals surface area contributed by atoms with Gasteiger partial charge in [0.1, 0.15) is 0 Å². The van der Waals surface area contributed by atoms with Crippen molar-refractivity contribution in [2.45, 2.75) is 12.8 Å². The van der Waals surface area contributed by atoms with Gasteiger partial charge < -0.3 is 0 Å². The third-order valence-corrected chi connectivity index (χ3v) is 0.850. The molecule has 0 aromatic rings. The Hall–Kier alpha value is -0.480. The Labute approximate surface area is 52.7 Å². The number of thiocarbonyl (C=S) groups is 1. The van der Waals surface area contributed by atoms with Gasteiger partial charge in [-0.1, -0.05) is 12.2 Å². The van der Waals surface area contributed by atoms with Crippen LogP contribution in [0.2, 0.25) is 0 Å². The Balaban J connectivity index is 3.11. The number of hydrogen-bond donors (Lipinski definition) is 2. The van der Waals surface area contributed by atoms with E-state index in [0.717, 1.165) is 0 Å². The molecule has 0 spiro atoms. The summed E-state index contributed by atoms with van der Waals surface area (Å²) in [5.41, 5.74) is 1.49. The van der Waals surface area contributed by atoms with Gasteiger partial charge in [-0.05, 0) is 11.8 Å². The van der Waals surface area contributed by atoms with Gasteiger partial charge in [0, 0.05) is 6.42 Å². The number of nitrogens with one attached hydrogen (secondary N) is 1. The van der Waals surface area contributed by atoms with E-state index in [0.29, 0.717) is 6.42 Å². The molecule has 8 heavy (non-hydrogen) atoms. The van der Waals surface area contributed by atoms with Crippen molar-refractivity contribution in [3.63, 3.8) is 0 Å². The first-order valence-electron chi connectivity index (χ1n) is 2.18. The van der Waals surface area contributed by atoms with Gasteiger partial charge in [0.15, 0.2) is 0 Å². The van der Waals surface area contributed by atoms with Crippen molar-refractivity contribution < 1.29 is 10.0 Å². The SMILES string of the molecule is O=C(CCC=S)NO. The van der Waals surface area contributed by atoms with Crippen LogP contribution < -0.4 is 5.48 Å². The lowest BCUT2D eigenvalue weighted by Crippen LogP contribution is -2.17. The number of carbonyl (C=O) groups is 1. The summed E-state index contributed by atoms with van der Waals surface area (Å²) in [7, 11) is 0. The molecule has 0 radical (unpaired) electrons. The van der Waals surface area contributed by atoms with Crippen molar-refractivity contribution in [1.82, 2.24) is 5.48 Å². The van der Waals surface area contributed by atoms with Crippen molar-refractivity contribution >= 4 is 23.5 Å². The monoisotopic (exact) mass is 133 g/mol. The molecule has 0 saturated heterocycles. The largest absolute Gasteiger partial charge is 0.289 e. The molecule has 0 aromatic heterocycles. The summed E-state index contributed by atoms with van der Waals surface area (Å²) < 4.78 is 0. The second-order valence-corrected chi connectivity index (χ2v) is 1.57. The van der Waals surface area contributed by atoms with Gasteiger partial charge in [0.2, 0.25) is 5.91 Å². The zero-order valence-corrected chi connectivity index (χ0v) is 5.07. The molecule has 4 heteroatoms. The van der Waals surface area contributed by atoms with E-state index >= 15 is 0 Å². The van der Waals surface area contributed by atoms with Crippen molar-refractivity contribution in [3.8, 4) is 0 Å². The molecule has 0 aliphatic rings. The average Bonchev–Trinajstić information content (AvgIpc) is 1.83. The van der Waals surface area contributed by atoms with Gasteiger partial charge in [-0.25, -0.2) is 5.48 Å².